The van der Waals surface area contributed by atoms with Gasteiger partial charge < -0.3 is 15.5 Å². The van der Waals surface area contributed by atoms with Crippen LogP contribution in [0, 0.1) is 0 Å². The molecule has 3 N–H and O–H groups in total. The van der Waals surface area contributed by atoms with Crippen LogP contribution < -0.4 is 16.0 Å². The van der Waals surface area contributed by atoms with Crippen molar-refractivity contribution in [2.75, 3.05) is 12.3 Å². The number of hydrogen-bond acceptors (Lipinski definition) is 4. The van der Waals surface area contributed by atoms with E-state index in [1.165, 1.54) is 6.07 Å². The molecule has 1 aromatic heterocycles. The van der Waals surface area contributed by atoms with Gasteiger partial charge in [-0.1, -0.05) is 12.1 Å². The molecule has 0 unspecified atom stereocenters. The third kappa shape index (κ3) is 3.10. The summed E-state index contributed by atoms with van der Waals surface area (Å²) in [5, 5.41) is 0. The smallest absolute Gasteiger partial charge is 0.252 e. The van der Waals surface area contributed by atoms with E-state index in [0.717, 1.165) is 11.3 Å². The molecule has 2 rings (SSSR count). The van der Waals surface area contributed by atoms with Gasteiger partial charge in [0.2, 0.25) is 0 Å². The normalized spacial score (nSPS) is 10.3. The van der Waals surface area contributed by atoms with E-state index >= 15 is 0 Å². The van der Waals surface area contributed by atoms with Gasteiger partial charge in [-0.15, -0.1) is 0 Å². The van der Waals surface area contributed by atoms with Gasteiger partial charge in [-0.2, -0.15) is 0 Å². The largest absolute Gasteiger partial charge is 0.494 e. The number of nitrogens with zero attached hydrogens (tertiary/aromatic N) is 1. The fraction of sp³-hybridized carbons (Fsp3) is 0.231. The van der Waals surface area contributed by atoms with Gasteiger partial charge in [-0.25, -0.2) is 4.98 Å². The summed E-state index contributed by atoms with van der Waals surface area (Å²) in [6.07, 6.45) is 0.515. The van der Waals surface area contributed by atoms with E-state index < -0.39 is 0 Å². The number of aromatic nitrogens is 2. The molecule has 0 fully saturated rings. The Morgan fingerprint density at radius 3 is 2.94 bits per heavy atom. The minimum absolute atomic E-state index is 0.231. The van der Waals surface area contributed by atoms with Crippen molar-refractivity contribution in [1.82, 2.24) is 9.97 Å². The summed E-state index contributed by atoms with van der Waals surface area (Å²) in [4.78, 5) is 18.0. The molecule has 1 heterocycles. The average Bonchev–Trinajstić information content (AvgIpc) is 2.28. The molecule has 1 aromatic carbocycles. The maximum atomic E-state index is 11.3. The van der Waals surface area contributed by atoms with Gasteiger partial charge in [-0.05, 0) is 24.6 Å². The molecule has 0 radical (unpaired) electrons. The lowest BCUT2D eigenvalue weighted by Gasteiger charge is -2.06. The first-order valence-electron chi connectivity index (χ1n) is 5.75. The lowest BCUT2D eigenvalue weighted by Crippen LogP contribution is -2.12. The molecule has 0 atom stereocenters. The third-order valence-corrected chi connectivity index (χ3v) is 2.39. The van der Waals surface area contributed by atoms with E-state index in [0.29, 0.717) is 18.9 Å². The number of anilines is 1. The van der Waals surface area contributed by atoms with Gasteiger partial charge in [-0.3, -0.25) is 4.79 Å². The number of nitrogen functional groups attached to an aromatic ring is 1. The summed E-state index contributed by atoms with van der Waals surface area (Å²) >= 11 is 0. The first-order chi connectivity index (χ1) is 8.67. The first kappa shape index (κ1) is 12.2. The number of ether oxygens (including phenoxy) is 1. The Kier molecular flexibility index (Phi) is 3.62. The van der Waals surface area contributed by atoms with Crippen molar-refractivity contribution >= 4 is 5.82 Å². The Balaban J connectivity index is 2.22. The number of H-pyrrole nitrogens is 1. The van der Waals surface area contributed by atoms with Crippen LogP contribution in [0.4, 0.5) is 5.82 Å². The lowest BCUT2D eigenvalue weighted by molar-refractivity contribution is 0.340. The summed E-state index contributed by atoms with van der Waals surface area (Å²) in [6, 6.07) is 8.94. The van der Waals surface area contributed by atoms with Gasteiger partial charge in [0, 0.05) is 12.5 Å². The van der Waals surface area contributed by atoms with Gasteiger partial charge >= 0.3 is 0 Å². The summed E-state index contributed by atoms with van der Waals surface area (Å²) in [5.41, 5.74) is 6.31. The Labute approximate surface area is 105 Å². The minimum Gasteiger partial charge on any atom is -0.494 e. The number of aromatic amines is 1. The standard InChI is InChI=1S/C13H15N3O2/c1-2-18-10-5-3-4-9(6-10)7-12-15-11(14)8-13(17)16-12/h3-6,8H,2,7H2,1H3,(H3,14,15,16,17). The fourth-order valence-electron chi connectivity index (χ4n) is 1.72. The van der Waals surface area contributed by atoms with Crippen molar-refractivity contribution in [3.05, 3.63) is 52.1 Å². The number of nitrogens with two attached hydrogens (primary N) is 1. The molecule has 94 valence electrons. The van der Waals surface area contributed by atoms with Crippen molar-refractivity contribution in [3.63, 3.8) is 0 Å². The molecule has 5 nitrogen and oxygen atoms in total. The molecule has 0 saturated carbocycles. The summed E-state index contributed by atoms with van der Waals surface area (Å²) < 4.78 is 5.41. The van der Waals surface area contributed by atoms with Crippen LogP contribution in [-0.2, 0) is 6.42 Å². The molecule has 18 heavy (non-hydrogen) atoms. The second-order valence-corrected chi connectivity index (χ2v) is 3.87. The molecule has 0 aliphatic carbocycles. The minimum atomic E-state index is -0.238. The van der Waals surface area contributed by atoms with Crippen molar-refractivity contribution in [3.8, 4) is 5.75 Å². The predicted octanol–water partition coefficient (Wildman–Crippen LogP) is 1.34. The van der Waals surface area contributed by atoms with Crippen LogP contribution >= 0.6 is 0 Å². The van der Waals surface area contributed by atoms with Crippen LogP contribution in [0.25, 0.3) is 0 Å². The molecule has 2 aromatic rings. The third-order valence-electron chi connectivity index (χ3n) is 2.39. The highest BCUT2D eigenvalue weighted by Gasteiger charge is 2.02. The Morgan fingerprint density at radius 2 is 2.22 bits per heavy atom. The van der Waals surface area contributed by atoms with Crippen LogP contribution in [0.2, 0.25) is 0 Å². The highest BCUT2D eigenvalue weighted by Crippen LogP contribution is 2.15. The van der Waals surface area contributed by atoms with Crippen LogP contribution in [0.1, 0.15) is 18.3 Å². The molecular weight excluding hydrogens is 230 g/mol. The summed E-state index contributed by atoms with van der Waals surface area (Å²) in [7, 11) is 0. The lowest BCUT2D eigenvalue weighted by atomic mass is 10.1. The van der Waals surface area contributed by atoms with Crippen molar-refractivity contribution in [2.24, 2.45) is 0 Å². The molecule has 0 bridgehead atoms. The number of nitrogens with one attached hydrogen (secondary N) is 1. The Hall–Kier alpha value is -2.30. The van der Waals surface area contributed by atoms with Crippen LogP contribution in [0.15, 0.2) is 35.1 Å². The Morgan fingerprint density at radius 1 is 1.39 bits per heavy atom. The fourth-order valence-corrected chi connectivity index (χ4v) is 1.72. The SMILES string of the molecule is CCOc1cccc(Cc2nc(N)cc(=O)[nH]2)c1. The molecule has 0 aliphatic rings. The van der Waals surface area contributed by atoms with E-state index in [4.69, 9.17) is 10.5 Å². The molecule has 0 saturated heterocycles. The van der Waals surface area contributed by atoms with Crippen LogP contribution in [0.5, 0.6) is 5.75 Å². The summed E-state index contributed by atoms with van der Waals surface area (Å²) in [6.45, 7) is 2.56. The molecule has 0 spiro atoms. The monoisotopic (exact) mass is 245 g/mol. The van der Waals surface area contributed by atoms with Crippen LogP contribution in [0.3, 0.4) is 0 Å². The van der Waals surface area contributed by atoms with Crippen molar-refractivity contribution < 1.29 is 4.74 Å². The predicted molar refractivity (Wildman–Crippen MR) is 69.7 cm³/mol. The van der Waals surface area contributed by atoms with E-state index in [1.54, 1.807) is 0 Å². The van der Waals surface area contributed by atoms with Gasteiger partial charge in [0.25, 0.3) is 5.56 Å². The first-order valence-corrected chi connectivity index (χ1v) is 5.75. The highest BCUT2D eigenvalue weighted by atomic mass is 16.5. The van der Waals surface area contributed by atoms with Gasteiger partial charge in [0.1, 0.15) is 17.4 Å². The van der Waals surface area contributed by atoms with Gasteiger partial charge in [0.05, 0.1) is 6.61 Å². The topological polar surface area (TPSA) is 81.0 Å². The second kappa shape index (κ2) is 5.35. The molecule has 0 amide bonds. The van der Waals surface area contributed by atoms with E-state index in [1.807, 2.05) is 31.2 Å². The van der Waals surface area contributed by atoms with E-state index in [2.05, 4.69) is 9.97 Å². The molecule has 5 heteroatoms. The molecular formula is C13H15N3O2. The zero-order chi connectivity index (χ0) is 13.0. The molecule has 0 aliphatic heterocycles. The van der Waals surface area contributed by atoms with Crippen molar-refractivity contribution in [1.29, 1.82) is 0 Å². The maximum Gasteiger partial charge on any atom is 0.252 e. The number of benzene rings is 1. The zero-order valence-corrected chi connectivity index (χ0v) is 10.1. The number of hydrogen-bond donors (Lipinski definition) is 2. The number of rotatable bonds is 4. The summed E-state index contributed by atoms with van der Waals surface area (Å²) in [5.74, 6) is 1.59. The maximum absolute atomic E-state index is 11.3. The van der Waals surface area contributed by atoms with Crippen LogP contribution in [-0.4, -0.2) is 16.6 Å². The highest BCUT2D eigenvalue weighted by molar-refractivity contribution is 5.32. The van der Waals surface area contributed by atoms with E-state index in [-0.39, 0.29) is 11.4 Å². The quantitative estimate of drug-likeness (QED) is 0.851. The zero-order valence-electron chi connectivity index (χ0n) is 10.1. The Bertz CT molecular complexity index is 593. The van der Waals surface area contributed by atoms with E-state index in [9.17, 15) is 4.79 Å². The van der Waals surface area contributed by atoms with Gasteiger partial charge in [0.15, 0.2) is 0 Å². The second-order valence-electron chi connectivity index (χ2n) is 3.87. The van der Waals surface area contributed by atoms with Crippen molar-refractivity contribution in [2.45, 2.75) is 13.3 Å². The average molecular weight is 245 g/mol.